The lowest BCUT2D eigenvalue weighted by Gasteiger charge is -2.48. The van der Waals surface area contributed by atoms with E-state index in [0.717, 1.165) is 17.7 Å². The van der Waals surface area contributed by atoms with Gasteiger partial charge in [-0.2, -0.15) is 0 Å². The molecule has 14 nitrogen and oxygen atoms in total. The quantitative estimate of drug-likeness (QED) is 0.211. The van der Waals surface area contributed by atoms with Crippen LogP contribution >= 0.6 is 0 Å². The van der Waals surface area contributed by atoms with Gasteiger partial charge in [-0.05, 0) is 12.8 Å². The predicted octanol–water partition coefficient (Wildman–Crippen LogP) is -3.59. The van der Waals surface area contributed by atoms with Gasteiger partial charge >= 0.3 is 6.09 Å². The van der Waals surface area contributed by atoms with E-state index in [4.69, 9.17) is 16.2 Å². The Morgan fingerprint density at radius 1 is 1.16 bits per heavy atom. The van der Waals surface area contributed by atoms with Gasteiger partial charge < -0.3 is 41.5 Å². The van der Waals surface area contributed by atoms with Crippen molar-refractivity contribution in [3.8, 4) is 0 Å². The fourth-order valence-corrected chi connectivity index (χ4v) is 5.28. The number of ether oxygens (including phenoxy) is 1. The van der Waals surface area contributed by atoms with Crippen LogP contribution < -0.4 is 16.8 Å². The number of rotatable bonds is 3. The number of aliphatic imine (C=N–C) groups is 2. The first kappa shape index (κ1) is 20.8. The van der Waals surface area contributed by atoms with Crippen LogP contribution in [0.2, 0.25) is 0 Å². The Hall–Kier alpha value is -3.13. The van der Waals surface area contributed by atoms with Crippen molar-refractivity contribution in [3.63, 3.8) is 0 Å². The van der Waals surface area contributed by atoms with Gasteiger partial charge in [0.05, 0.1) is 19.1 Å². The Morgan fingerprint density at radius 3 is 2.47 bits per heavy atom. The number of nitrogens with two attached hydrogens (primary N) is 2. The molecule has 0 aromatic heterocycles. The molecule has 7 N–H and O–H groups in total. The summed E-state index contributed by atoms with van der Waals surface area (Å²) in [6, 6.07) is -1.89. The van der Waals surface area contributed by atoms with Crippen LogP contribution in [0.25, 0.3) is 0 Å². The van der Waals surface area contributed by atoms with Crippen LogP contribution in [-0.2, 0) is 14.3 Å². The second kappa shape index (κ2) is 6.93. The molecule has 5 rings (SSSR count). The van der Waals surface area contributed by atoms with Crippen LogP contribution in [0.4, 0.5) is 4.79 Å². The minimum atomic E-state index is -2.66. The zero-order valence-corrected chi connectivity index (χ0v) is 17.3. The van der Waals surface area contributed by atoms with Gasteiger partial charge in [0.25, 0.3) is 0 Å². The largest absolute Gasteiger partial charge is 0.438 e. The Kier molecular flexibility index (Phi) is 4.50. The molecular formula is C18H26N8O6. The van der Waals surface area contributed by atoms with Gasteiger partial charge in [0, 0.05) is 25.9 Å². The maximum atomic E-state index is 12.5. The number of aliphatic hydroxyl groups is 2. The number of carbonyl (C=O) groups excluding carboxylic acids is 3. The summed E-state index contributed by atoms with van der Waals surface area (Å²) in [5, 5.41) is 25.4. The van der Waals surface area contributed by atoms with Crippen molar-refractivity contribution in [3.05, 3.63) is 0 Å². The summed E-state index contributed by atoms with van der Waals surface area (Å²) in [5.74, 6) is -3.50. The third-order valence-electron chi connectivity index (χ3n) is 6.88. The van der Waals surface area contributed by atoms with Crippen molar-refractivity contribution < 1.29 is 29.3 Å². The first-order valence-corrected chi connectivity index (χ1v) is 10.6. The van der Waals surface area contributed by atoms with Crippen LogP contribution in [0.5, 0.6) is 0 Å². The van der Waals surface area contributed by atoms with E-state index in [-0.39, 0.29) is 49.7 Å². The second-order valence-corrected chi connectivity index (χ2v) is 8.71. The van der Waals surface area contributed by atoms with Gasteiger partial charge in [0.15, 0.2) is 23.7 Å². The van der Waals surface area contributed by atoms with Crippen molar-refractivity contribution in [2.75, 3.05) is 26.2 Å². The van der Waals surface area contributed by atoms with Crippen LogP contribution in [-0.4, -0.2) is 111 Å². The van der Waals surface area contributed by atoms with E-state index in [2.05, 4.69) is 15.3 Å². The van der Waals surface area contributed by atoms with E-state index in [1.165, 1.54) is 9.80 Å². The Bertz CT molecular complexity index is 914. The first-order chi connectivity index (χ1) is 15.1. The fraction of sp³-hybridized carbons (Fsp3) is 0.722. The number of amides is 3. The topological polar surface area (TPSA) is 199 Å². The predicted molar refractivity (Wildman–Crippen MR) is 108 cm³/mol. The molecule has 0 aliphatic carbocycles. The molecule has 174 valence electrons. The van der Waals surface area contributed by atoms with Gasteiger partial charge in [0.1, 0.15) is 6.04 Å². The number of guanidine groups is 2. The van der Waals surface area contributed by atoms with Gasteiger partial charge in [-0.3, -0.25) is 14.5 Å². The van der Waals surface area contributed by atoms with E-state index in [9.17, 15) is 24.6 Å². The van der Waals surface area contributed by atoms with Gasteiger partial charge in [0.2, 0.25) is 17.6 Å². The molecule has 0 saturated carbocycles. The van der Waals surface area contributed by atoms with Crippen LogP contribution in [0.3, 0.4) is 0 Å². The van der Waals surface area contributed by atoms with Crippen LogP contribution in [0.1, 0.15) is 25.7 Å². The maximum absolute atomic E-state index is 12.5. The molecule has 0 radical (unpaired) electrons. The van der Waals surface area contributed by atoms with Crippen LogP contribution in [0, 0.1) is 0 Å². The van der Waals surface area contributed by atoms with E-state index < -0.39 is 35.7 Å². The molecule has 5 aliphatic heterocycles. The molecule has 14 heteroatoms. The van der Waals surface area contributed by atoms with E-state index in [1.807, 2.05) is 0 Å². The van der Waals surface area contributed by atoms with Gasteiger partial charge in [-0.1, -0.05) is 0 Å². The normalized spacial score (nSPS) is 35.4. The number of likely N-dealkylation sites (tertiary alicyclic amines) is 2. The summed E-state index contributed by atoms with van der Waals surface area (Å²) in [4.78, 5) is 49.4. The molecule has 5 heterocycles. The lowest BCUT2D eigenvalue weighted by molar-refractivity contribution is -0.257. The van der Waals surface area contributed by atoms with E-state index in [0.29, 0.717) is 13.1 Å². The molecule has 1 spiro atoms. The third kappa shape index (κ3) is 2.75. The molecule has 0 aromatic carbocycles. The molecular weight excluding hydrogens is 424 g/mol. The molecule has 3 saturated heterocycles. The summed E-state index contributed by atoms with van der Waals surface area (Å²) in [6.45, 7) is 0.767. The van der Waals surface area contributed by atoms with E-state index >= 15 is 0 Å². The minimum absolute atomic E-state index is 0.0741. The number of nitrogens with one attached hydrogen (secondary N) is 1. The lowest BCUT2D eigenvalue weighted by atomic mass is 9.85. The summed E-state index contributed by atoms with van der Waals surface area (Å²) >= 11 is 0. The molecule has 4 atom stereocenters. The number of hydrogen-bond acceptors (Lipinski definition) is 12. The molecule has 5 aliphatic rings. The van der Waals surface area contributed by atoms with Crippen molar-refractivity contribution in [1.29, 1.82) is 0 Å². The maximum Gasteiger partial charge on any atom is 0.410 e. The highest BCUT2D eigenvalue weighted by Gasteiger charge is 2.74. The van der Waals surface area contributed by atoms with Crippen molar-refractivity contribution in [2.45, 2.75) is 55.3 Å². The Balaban J connectivity index is 1.46. The lowest BCUT2D eigenvalue weighted by Crippen LogP contribution is -2.77. The fourth-order valence-electron chi connectivity index (χ4n) is 5.28. The number of hydrogen-bond donors (Lipinski definition) is 5. The van der Waals surface area contributed by atoms with Crippen molar-refractivity contribution in [1.82, 2.24) is 20.0 Å². The number of nitrogens with zero attached hydrogens (tertiary/aromatic N) is 5. The highest BCUT2D eigenvalue weighted by Crippen LogP contribution is 2.46. The summed E-state index contributed by atoms with van der Waals surface area (Å²) in [5.41, 5.74) is 10.3. The van der Waals surface area contributed by atoms with Gasteiger partial charge in [-0.15, -0.1) is 0 Å². The van der Waals surface area contributed by atoms with Gasteiger partial charge in [-0.25, -0.2) is 14.8 Å². The Morgan fingerprint density at radius 2 is 1.81 bits per heavy atom. The SMILES string of the molecule is NC1=N[C@H]2C(CN3C(=O)CCC3=O)N=C(N)N3CC(OC(=O)N4CCCC4)C(O)(O)[C@]23N1. The molecule has 0 bridgehead atoms. The average molecular weight is 450 g/mol. The number of imide groups is 1. The average Bonchev–Trinajstić information content (AvgIpc) is 3.48. The third-order valence-corrected chi connectivity index (χ3v) is 6.88. The van der Waals surface area contributed by atoms with Crippen molar-refractivity contribution >= 4 is 29.8 Å². The summed E-state index contributed by atoms with van der Waals surface area (Å²) in [6.07, 6.45) is -0.122. The summed E-state index contributed by atoms with van der Waals surface area (Å²) in [7, 11) is 0. The summed E-state index contributed by atoms with van der Waals surface area (Å²) < 4.78 is 5.48. The monoisotopic (exact) mass is 450 g/mol. The second-order valence-electron chi connectivity index (χ2n) is 8.71. The zero-order valence-electron chi connectivity index (χ0n) is 17.3. The smallest absolute Gasteiger partial charge is 0.410 e. The number of carbonyl (C=O) groups is 3. The van der Waals surface area contributed by atoms with E-state index in [1.54, 1.807) is 0 Å². The minimum Gasteiger partial charge on any atom is -0.438 e. The molecule has 0 aromatic rings. The highest BCUT2D eigenvalue weighted by atomic mass is 16.6. The standard InChI is InChI=1S/C18H26N8O6/c19-14-22-13-9(7-25-11(27)3-4-12(25)28)21-15(20)26-8-10(18(30,31)17(13,26)23-14)32-16(29)24-5-1-2-6-24/h9-10,13,30-31H,1-8H2,(H2,20,21)(H3,19,22,23)/t9?,10?,13-,17-/m0/s1. The zero-order chi connectivity index (χ0) is 22.8. The molecule has 2 unspecified atom stereocenters. The highest BCUT2D eigenvalue weighted by molar-refractivity contribution is 6.02. The molecule has 32 heavy (non-hydrogen) atoms. The molecule has 3 fully saturated rings. The van der Waals surface area contributed by atoms with Crippen LogP contribution in [0.15, 0.2) is 9.98 Å². The Labute approximate surface area is 182 Å². The molecule has 3 amide bonds. The first-order valence-electron chi connectivity index (χ1n) is 10.6. The van der Waals surface area contributed by atoms with Crippen molar-refractivity contribution in [2.24, 2.45) is 21.5 Å².